The molecule has 2 aromatic rings. The summed E-state index contributed by atoms with van der Waals surface area (Å²) in [6, 6.07) is 4.16. The van der Waals surface area contributed by atoms with Crippen LogP contribution in [0.3, 0.4) is 0 Å². The molecular formula is C21H31BrN4O. The van der Waals surface area contributed by atoms with Crippen molar-refractivity contribution >= 4 is 27.0 Å². The molecule has 0 radical (unpaired) electrons. The monoisotopic (exact) mass is 434 g/mol. The lowest BCUT2D eigenvalue weighted by Crippen LogP contribution is -2.40. The Morgan fingerprint density at radius 3 is 2.52 bits per heavy atom. The van der Waals surface area contributed by atoms with Gasteiger partial charge in [0.1, 0.15) is 11.3 Å². The molecule has 0 unspecified atom stereocenters. The van der Waals surface area contributed by atoms with Crippen molar-refractivity contribution in [3.05, 3.63) is 16.6 Å². The van der Waals surface area contributed by atoms with E-state index in [1.165, 1.54) is 45.3 Å². The van der Waals surface area contributed by atoms with E-state index in [0.717, 1.165) is 40.3 Å². The molecular weight excluding hydrogens is 404 g/mol. The van der Waals surface area contributed by atoms with E-state index in [2.05, 4.69) is 64.0 Å². The molecule has 0 bridgehead atoms. The Kier molecular flexibility index (Phi) is 5.48. The van der Waals surface area contributed by atoms with Gasteiger partial charge in [-0.05, 0) is 84.1 Å². The topological polar surface area (TPSA) is 43.2 Å². The fourth-order valence-corrected chi connectivity index (χ4v) is 4.50. The highest BCUT2D eigenvalue weighted by Crippen LogP contribution is 2.35. The van der Waals surface area contributed by atoms with Crippen molar-refractivity contribution in [1.29, 1.82) is 0 Å². The molecule has 0 atom stereocenters. The van der Waals surface area contributed by atoms with Crippen LogP contribution in [0.25, 0.3) is 11.0 Å². The van der Waals surface area contributed by atoms with Crippen LogP contribution in [0, 0.1) is 17.3 Å². The Labute approximate surface area is 170 Å². The van der Waals surface area contributed by atoms with Crippen molar-refractivity contribution < 1.29 is 4.74 Å². The van der Waals surface area contributed by atoms with E-state index in [-0.39, 0.29) is 0 Å². The first-order chi connectivity index (χ1) is 12.9. The maximum atomic E-state index is 6.18. The van der Waals surface area contributed by atoms with E-state index in [9.17, 15) is 0 Å². The van der Waals surface area contributed by atoms with Gasteiger partial charge in [-0.1, -0.05) is 26.0 Å². The van der Waals surface area contributed by atoms with Crippen LogP contribution in [0.15, 0.2) is 16.6 Å². The van der Waals surface area contributed by atoms with Crippen LogP contribution in [0.1, 0.15) is 46.5 Å². The average molecular weight is 435 g/mol. The molecule has 1 saturated heterocycles. The van der Waals surface area contributed by atoms with Crippen LogP contribution < -0.4 is 4.74 Å². The summed E-state index contributed by atoms with van der Waals surface area (Å²) >= 11 is 3.70. The number of hydrogen-bond donors (Lipinski definition) is 0. The largest absolute Gasteiger partial charge is 0.492 e. The van der Waals surface area contributed by atoms with Crippen LogP contribution >= 0.6 is 15.9 Å². The van der Waals surface area contributed by atoms with E-state index in [1.807, 2.05) is 4.68 Å². The summed E-state index contributed by atoms with van der Waals surface area (Å²) in [6.07, 6.45) is 5.07. The molecule has 5 nitrogen and oxygen atoms in total. The highest BCUT2D eigenvalue weighted by molar-refractivity contribution is 9.10. The van der Waals surface area contributed by atoms with Crippen molar-refractivity contribution in [2.24, 2.45) is 17.3 Å². The molecule has 6 heteroatoms. The lowest BCUT2D eigenvalue weighted by Gasteiger charge is -2.35. The molecule has 4 rings (SSSR count). The second-order valence-electron chi connectivity index (χ2n) is 9.55. The number of rotatable bonds is 6. The molecule has 2 fully saturated rings. The minimum Gasteiger partial charge on any atom is -0.492 e. The van der Waals surface area contributed by atoms with Crippen LogP contribution in [-0.2, 0) is 6.54 Å². The average Bonchev–Trinajstić information content (AvgIpc) is 3.33. The Hall–Kier alpha value is -1.14. The minimum absolute atomic E-state index is 0.376. The molecule has 0 N–H and O–H groups in total. The zero-order valence-corrected chi connectivity index (χ0v) is 18.3. The highest BCUT2D eigenvalue weighted by atomic mass is 79.9. The molecule has 1 aliphatic carbocycles. The Morgan fingerprint density at radius 2 is 1.85 bits per heavy atom. The quantitative estimate of drug-likeness (QED) is 0.658. The summed E-state index contributed by atoms with van der Waals surface area (Å²) in [6.45, 7) is 12.3. The molecule has 0 spiro atoms. The molecule has 0 amide bonds. The zero-order chi connectivity index (χ0) is 19.0. The number of halogens is 1. The first kappa shape index (κ1) is 19.2. The predicted molar refractivity (Wildman–Crippen MR) is 112 cm³/mol. The zero-order valence-electron chi connectivity index (χ0n) is 16.7. The Morgan fingerprint density at radius 1 is 1.11 bits per heavy atom. The Bertz CT molecular complexity index is 785. The van der Waals surface area contributed by atoms with Gasteiger partial charge in [-0.25, -0.2) is 4.68 Å². The lowest BCUT2D eigenvalue weighted by molar-refractivity contribution is 0.112. The fourth-order valence-electron chi connectivity index (χ4n) is 3.97. The smallest absolute Gasteiger partial charge is 0.135 e. The minimum atomic E-state index is 0.376. The molecule has 2 heterocycles. The lowest BCUT2D eigenvalue weighted by atomic mass is 9.92. The summed E-state index contributed by atoms with van der Waals surface area (Å²) in [4.78, 5) is 2.59. The van der Waals surface area contributed by atoms with Crippen molar-refractivity contribution in [2.45, 2.75) is 53.0 Å². The summed E-state index contributed by atoms with van der Waals surface area (Å²) in [5, 5.41) is 8.72. The summed E-state index contributed by atoms with van der Waals surface area (Å²) in [5.74, 6) is 2.31. The van der Waals surface area contributed by atoms with Crippen LogP contribution in [0.2, 0.25) is 0 Å². The van der Waals surface area contributed by atoms with Gasteiger partial charge in [0, 0.05) is 13.1 Å². The highest BCUT2D eigenvalue weighted by Gasteiger charge is 2.25. The SMILES string of the molecule is CC(C)(C)CN1CCC(COc2ccc3c(nnn3CC3CC3)c2Br)CC1. The maximum absolute atomic E-state index is 6.18. The first-order valence-corrected chi connectivity index (χ1v) is 11.1. The van der Waals surface area contributed by atoms with Gasteiger partial charge in [0.25, 0.3) is 0 Å². The van der Waals surface area contributed by atoms with E-state index in [1.54, 1.807) is 0 Å². The molecule has 1 saturated carbocycles. The summed E-state index contributed by atoms with van der Waals surface area (Å²) < 4.78 is 9.15. The van der Waals surface area contributed by atoms with E-state index in [0.29, 0.717) is 11.3 Å². The van der Waals surface area contributed by atoms with Gasteiger partial charge in [0.15, 0.2) is 0 Å². The molecule has 1 aliphatic heterocycles. The van der Waals surface area contributed by atoms with Crippen molar-refractivity contribution in [2.75, 3.05) is 26.2 Å². The van der Waals surface area contributed by atoms with E-state index < -0.39 is 0 Å². The van der Waals surface area contributed by atoms with E-state index >= 15 is 0 Å². The number of fused-ring (bicyclic) bond motifs is 1. The second-order valence-corrected chi connectivity index (χ2v) is 10.3. The summed E-state index contributed by atoms with van der Waals surface area (Å²) in [5.41, 5.74) is 2.38. The van der Waals surface area contributed by atoms with Gasteiger partial charge in [-0.3, -0.25) is 0 Å². The maximum Gasteiger partial charge on any atom is 0.135 e. The summed E-state index contributed by atoms with van der Waals surface area (Å²) in [7, 11) is 0. The number of piperidine rings is 1. The number of likely N-dealkylation sites (tertiary alicyclic amines) is 1. The predicted octanol–water partition coefficient (Wildman–Crippen LogP) is 4.74. The first-order valence-electron chi connectivity index (χ1n) is 10.3. The van der Waals surface area contributed by atoms with Crippen molar-refractivity contribution in [3.8, 4) is 5.75 Å². The molecule has 1 aromatic heterocycles. The van der Waals surface area contributed by atoms with E-state index in [4.69, 9.17) is 4.74 Å². The number of hydrogen-bond acceptors (Lipinski definition) is 4. The number of nitrogens with zero attached hydrogens (tertiary/aromatic N) is 4. The number of ether oxygens (including phenoxy) is 1. The molecule has 27 heavy (non-hydrogen) atoms. The van der Waals surface area contributed by atoms with Gasteiger partial charge in [-0.2, -0.15) is 0 Å². The number of benzene rings is 1. The van der Waals surface area contributed by atoms with Crippen LogP contribution in [0.4, 0.5) is 0 Å². The van der Waals surface area contributed by atoms with Crippen molar-refractivity contribution in [1.82, 2.24) is 19.9 Å². The third kappa shape index (κ3) is 4.83. The molecule has 1 aromatic carbocycles. The molecule has 148 valence electrons. The standard InChI is InChI=1S/C21H31BrN4O/c1-21(2,3)14-25-10-8-16(9-11-25)13-27-18-7-6-17-20(19(18)22)23-24-26(17)12-15-4-5-15/h6-7,15-16H,4-5,8-14H2,1-3H3. The number of aromatic nitrogens is 3. The van der Waals surface area contributed by atoms with Gasteiger partial charge in [-0.15, -0.1) is 5.10 Å². The van der Waals surface area contributed by atoms with Crippen molar-refractivity contribution in [3.63, 3.8) is 0 Å². The van der Waals surface area contributed by atoms with Gasteiger partial charge >= 0.3 is 0 Å². The third-order valence-corrected chi connectivity index (χ3v) is 6.36. The van der Waals surface area contributed by atoms with Gasteiger partial charge < -0.3 is 9.64 Å². The van der Waals surface area contributed by atoms with Crippen LogP contribution in [-0.4, -0.2) is 46.1 Å². The third-order valence-electron chi connectivity index (χ3n) is 5.60. The second kappa shape index (κ2) is 7.70. The fraction of sp³-hybridized carbons (Fsp3) is 0.714. The van der Waals surface area contributed by atoms with Gasteiger partial charge in [0.05, 0.1) is 16.6 Å². The van der Waals surface area contributed by atoms with Gasteiger partial charge in [0.2, 0.25) is 0 Å². The molecule has 2 aliphatic rings. The Balaban J connectivity index is 1.33. The normalized spacial score (nSPS) is 19.7. The van der Waals surface area contributed by atoms with Crippen LogP contribution in [0.5, 0.6) is 5.75 Å².